The number of rotatable bonds is 5. The highest BCUT2D eigenvalue weighted by molar-refractivity contribution is 6.30. The summed E-state index contributed by atoms with van der Waals surface area (Å²) in [6.45, 7) is 2.39. The molecule has 2 aliphatic heterocycles. The van der Waals surface area contributed by atoms with Crippen molar-refractivity contribution in [1.29, 1.82) is 0 Å². The topological polar surface area (TPSA) is 50.8 Å². The third-order valence-electron chi connectivity index (χ3n) is 5.14. The van der Waals surface area contributed by atoms with Crippen LogP contribution in [0, 0.1) is 0 Å². The summed E-state index contributed by atoms with van der Waals surface area (Å²) >= 11 is 5.97. The average Bonchev–Trinajstić information content (AvgIpc) is 3.09. The molecule has 0 radical (unpaired) electrons. The number of amides is 1. The van der Waals surface area contributed by atoms with E-state index in [2.05, 4.69) is 10.2 Å². The molecule has 1 N–H and O–H groups in total. The largest absolute Gasteiger partial charge is 0.484 e. The molecule has 27 heavy (non-hydrogen) atoms. The quantitative estimate of drug-likeness (QED) is 0.858. The van der Waals surface area contributed by atoms with Crippen molar-refractivity contribution >= 4 is 17.5 Å². The molecular weight excluding hydrogens is 364 g/mol. The Kier molecular flexibility index (Phi) is 5.62. The molecular formula is C21H23ClN2O3. The van der Waals surface area contributed by atoms with Gasteiger partial charge in [-0.05, 0) is 36.2 Å². The fourth-order valence-corrected chi connectivity index (χ4v) is 3.92. The Hall–Kier alpha value is -2.08. The number of benzene rings is 2. The van der Waals surface area contributed by atoms with Crippen molar-refractivity contribution < 1.29 is 14.3 Å². The number of morpholine rings is 1. The van der Waals surface area contributed by atoms with E-state index in [4.69, 9.17) is 21.1 Å². The van der Waals surface area contributed by atoms with Crippen LogP contribution >= 0.6 is 11.6 Å². The predicted octanol–water partition coefficient (Wildman–Crippen LogP) is 3.05. The Balaban J connectivity index is 1.27. The second kappa shape index (κ2) is 8.30. The summed E-state index contributed by atoms with van der Waals surface area (Å²) in [7, 11) is 0. The van der Waals surface area contributed by atoms with Crippen molar-refractivity contribution in [2.24, 2.45) is 0 Å². The number of nitrogens with zero attached hydrogens (tertiary/aromatic N) is 1. The zero-order chi connectivity index (χ0) is 18.6. The molecule has 0 aliphatic carbocycles. The molecule has 3 atom stereocenters. The van der Waals surface area contributed by atoms with Gasteiger partial charge >= 0.3 is 0 Å². The van der Waals surface area contributed by atoms with Gasteiger partial charge in [0.1, 0.15) is 5.75 Å². The fourth-order valence-electron chi connectivity index (χ4n) is 3.79. The third-order valence-corrected chi connectivity index (χ3v) is 5.39. The lowest BCUT2D eigenvalue weighted by atomic mass is 10.1. The molecule has 1 amide bonds. The summed E-state index contributed by atoms with van der Waals surface area (Å²) in [5, 5.41) is 3.82. The molecule has 0 unspecified atom stereocenters. The van der Waals surface area contributed by atoms with Crippen LogP contribution in [0.1, 0.15) is 18.1 Å². The molecule has 2 saturated heterocycles. The van der Waals surface area contributed by atoms with E-state index in [0.29, 0.717) is 18.4 Å². The van der Waals surface area contributed by atoms with E-state index in [1.54, 1.807) is 0 Å². The number of para-hydroxylation sites is 1. The first-order valence-corrected chi connectivity index (χ1v) is 9.63. The van der Waals surface area contributed by atoms with Crippen LogP contribution in [0.4, 0.5) is 0 Å². The molecule has 4 rings (SSSR count). The fraction of sp³-hybridized carbons (Fsp3) is 0.381. The van der Waals surface area contributed by atoms with Gasteiger partial charge in [-0.1, -0.05) is 41.9 Å². The van der Waals surface area contributed by atoms with E-state index in [1.165, 1.54) is 0 Å². The molecule has 142 valence electrons. The first kappa shape index (κ1) is 18.3. The number of ether oxygens (including phenoxy) is 2. The zero-order valence-electron chi connectivity index (χ0n) is 15.0. The second-order valence-electron chi connectivity index (χ2n) is 7.08. The lowest BCUT2D eigenvalue weighted by molar-refractivity contribution is -0.123. The van der Waals surface area contributed by atoms with Gasteiger partial charge in [-0.25, -0.2) is 0 Å². The van der Waals surface area contributed by atoms with Gasteiger partial charge in [-0.2, -0.15) is 0 Å². The van der Waals surface area contributed by atoms with Crippen LogP contribution in [0.3, 0.4) is 0 Å². The first-order valence-electron chi connectivity index (χ1n) is 9.26. The highest BCUT2D eigenvalue weighted by Crippen LogP contribution is 2.30. The lowest BCUT2D eigenvalue weighted by Crippen LogP contribution is -2.43. The maximum Gasteiger partial charge on any atom is 0.258 e. The van der Waals surface area contributed by atoms with Gasteiger partial charge in [0.25, 0.3) is 5.91 Å². The Morgan fingerprint density at radius 2 is 1.93 bits per heavy atom. The highest BCUT2D eigenvalue weighted by atomic mass is 35.5. The molecule has 6 heteroatoms. The Bertz CT molecular complexity index is 769. The summed E-state index contributed by atoms with van der Waals surface area (Å²) in [6, 6.07) is 17.7. The standard InChI is InChI=1S/C21H23ClN2O3/c22-16-8-6-15(7-9-16)20-12-24-11-17(10-18(24)13-27-20)23-21(25)14-26-19-4-2-1-3-5-19/h1-9,17-18,20H,10-14H2,(H,23,25)/t17-,18+,20-/m1/s1. The van der Waals surface area contributed by atoms with Crippen molar-refractivity contribution in [2.75, 3.05) is 26.3 Å². The van der Waals surface area contributed by atoms with Gasteiger partial charge in [-0.15, -0.1) is 0 Å². The molecule has 0 spiro atoms. The van der Waals surface area contributed by atoms with Crippen molar-refractivity contribution in [2.45, 2.75) is 24.6 Å². The minimum atomic E-state index is -0.0844. The molecule has 0 bridgehead atoms. The number of carbonyl (C=O) groups excluding carboxylic acids is 1. The van der Waals surface area contributed by atoms with Gasteiger partial charge in [0.15, 0.2) is 6.61 Å². The summed E-state index contributed by atoms with van der Waals surface area (Å²) in [5.41, 5.74) is 1.14. The van der Waals surface area contributed by atoms with E-state index in [9.17, 15) is 4.79 Å². The molecule has 2 aliphatic rings. The molecule has 2 fully saturated rings. The summed E-state index contributed by atoms with van der Waals surface area (Å²) in [5.74, 6) is 0.620. The Labute approximate surface area is 164 Å². The van der Waals surface area contributed by atoms with E-state index in [-0.39, 0.29) is 24.7 Å². The van der Waals surface area contributed by atoms with Crippen molar-refractivity contribution in [3.05, 3.63) is 65.2 Å². The normalized spacial score (nSPS) is 25.0. The summed E-state index contributed by atoms with van der Waals surface area (Å²) < 4.78 is 11.6. The maximum absolute atomic E-state index is 12.2. The predicted molar refractivity (Wildman–Crippen MR) is 104 cm³/mol. The summed E-state index contributed by atoms with van der Waals surface area (Å²) in [6.07, 6.45) is 0.958. The van der Waals surface area contributed by atoms with E-state index < -0.39 is 0 Å². The number of fused-ring (bicyclic) bond motifs is 1. The molecule has 0 saturated carbocycles. The number of hydrogen-bond acceptors (Lipinski definition) is 4. The first-order chi connectivity index (χ1) is 13.2. The van der Waals surface area contributed by atoms with Gasteiger partial charge < -0.3 is 14.8 Å². The van der Waals surface area contributed by atoms with Crippen LogP contribution in [0.15, 0.2) is 54.6 Å². The van der Waals surface area contributed by atoms with Crippen LogP contribution in [0.2, 0.25) is 5.02 Å². The second-order valence-corrected chi connectivity index (χ2v) is 7.52. The Morgan fingerprint density at radius 3 is 2.70 bits per heavy atom. The molecule has 2 aromatic rings. The molecule has 5 nitrogen and oxygen atoms in total. The van der Waals surface area contributed by atoms with Crippen LogP contribution in [-0.2, 0) is 9.53 Å². The van der Waals surface area contributed by atoms with Gasteiger partial charge in [0.05, 0.1) is 12.7 Å². The minimum Gasteiger partial charge on any atom is -0.484 e. The highest BCUT2D eigenvalue weighted by Gasteiger charge is 2.38. The van der Waals surface area contributed by atoms with Crippen molar-refractivity contribution in [3.63, 3.8) is 0 Å². The van der Waals surface area contributed by atoms with Crippen LogP contribution in [0.5, 0.6) is 5.75 Å². The smallest absolute Gasteiger partial charge is 0.258 e. The van der Waals surface area contributed by atoms with E-state index >= 15 is 0 Å². The molecule has 2 heterocycles. The SMILES string of the molecule is O=C(COc1ccccc1)N[C@@H]1C[C@H]2CO[C@@H](c3ccc(Cl)cc3)CN2C1. The minimum absolute atomic E-state index is 0.0368. The van der Waals surface area contributed by atoms with E-state index in [0.717, 1.165) is 30.1 Å². The monoisotopic (exact) mass is 386 g/mol. The molecule has 2 aromatic carbocycles. The van der Waals surface area contributed by atoms with Gasteiger partial charge in [0, 0.05) is 30.2 Å². The van der Waals surface area contributed by atoms with Gasteiger partial charge in [-0.3, -0.25) is 9.69 Å². The average molecular weight is 387 g/mol. The maximum atomic E-state index is 12.2. The van der Waals surface area contributed by atoms with Crippen LogP contribution < -0.4 is 10.1 Å². The Morgan fingerprint density at radius 1 is 1.15 bits per heavy atom. The number of halogens is 1. The van der Waals surface area contributed by atoms with E-state index in [1.807, 2.05) is 54.6 Å². The summed E-state index contributed by atoms with van der Waals surface area (Å²) in [4.78, 5) is 14.6. The zero-order valence-corrected chi connectivity index (χ0v) is 15.8. The lowest BCUT2D eigenvalue weighted by Gasteiger charge is -2.35. The van der Waals surface area contributed by atoms with Crippen LogP contribution in [-0.4, -0.2) is 49.2 Å². The number of carbonyl (C=O) groups is 1. The number of hydrogen-bond donors (Lipinski definition) is 1. The number of nitrogens with one attached hydrogen (secondary N) is 1. The van der Waals surface area contributed by atoms with Crippen molar-refractivity contribution in [3.8, 4) is 5.75 Å². The third kappa shape index (κ3) is 4.61. The molecule has 0 aromatic heterocycles. The van der Waals surface area contributed by atoms with Crippen LogP contribution in [0.25, 0.3) is 0 Å². The van der Waals surface area contributed by atoms with Gasteiger partial charge in [0.2, 0.25) is 0 Å². The van der Waals surface area contributed by atoms with Crippen molar-refractivity contribution in [1.82, 2.24) is 10.2 Å².